The summed E-state index contributed by atoms with van der Waals surface area (Å²) in [5.41, 5.74) is 1.77. The maximum Gasteiger partial charge on any atom is 0.261 e. The Balaban J connectivity index is 1.67. The van der Waals surface area contributed by atoms with Crippen LogP contribution < -0.4 is 9.46 Å². The van der Waals surface area contributed by atoms with Gasteiger partial charge in [-0.1, -0.05) is 43.7 Å². The summed E-state index contributed by atoms with van der Waals surface area (Å²) in [7, 11) is -3.64. The van der Waals surface area contributed by atoms with E-state index in [4.69, 9.17) is 4.74 Å². The lowest BCUT2D eigenvalue weighted by Gasteiger charge is -2.10. The predicted molar refractivity (Wildman–Crippen MR) is 109 cm³/mol. The van der Waals surface area contributed by atoms with E-state index < -0.39 is 10.0 Å². The van der Waals surface area contributed by atoms with Gasteiger partial charge in [0.25, 0.3) is 10.0 Å². The fraction of sp³-hybridized carbons (Fsp3) is 0.182. The molecule has 0 unspecified atom stereocenters. The number of anilines is 1. The zero-order valence-corrected chi connectivity index (χ0v) is 16.1. The van der Waals surface area contributed by atoms with Gasteiger partial charge >= 0.3 is 0 Å². The molecule has 0 fully saturated rings. The van der Waals surface area contributed by atoms with E-state index in [9.17, 15) is 8.42 Å². The zero-order valence-electron chi connectivity index (χ0n) is 15.3. The van der Waals surface area contributed by atoms with Crippen molar-refractivity contribution in [1.82, 2.24) is 0 Å². The molecule has 4 nitrogen and oxygen atoms in total. The molecule has 0 saturated heterocycles. The maximum absolute atomic E-state index is 12.6. The fourth-order valence-electron chi connectivity index (χ4n) is 2.65. The first-order valence-electron chi connectivity index (χ1n) is 9.01. The largest absolute Gasteiger partial charge is 0.457 e. The molecular formula is C22H23NO3S. The molecule has 3 aromatic rings. The van der Waals surface area contributed by atoms with Crippen molar-refractivity contribution in [3.8, 4) is 11.5 Å². The van der Waals surface area contributed by atoms with E-state index in [1.54, 1.807) is 24.3 Å². The molecule has 0 heterocycles. The molecule has 5 heteroatoms. The number of rotatable bonds is 8. The number of unbranched alkanes of at least 4 members (excludes halogenated alkanes) is 1. The molecule has 1 N–H and O–H groups in total. The standard InChI is InChI=1S/C22H23NO3S/c1-2-3-7-18-10-12-19(13-11-18)23-27(24,25)22-16-14-21(15-17-22)26-20-8-5-4-6-9-20/h4-6,8-17,23H,2-3,7H2,1H3. The summed E-state index contributed by atoms with van der Waals surface area (Å²) in [5, 5.41) is 0. The number of hydrogen-bond donors (Lipinski definition) is 1. The Bertz CT molecular complexity index is 951. The van der Waals surface area contributed by atoms with Crippen molar-refractivity contribution in [2.75, 3.05) is 4.72 Å². The van der Waals surface area contributed by atoms with Gasteiger partial charge in [0.15, 0.2) is 0 Å². The number of hydrogen-bond acceptors (Lipinski definition) is 3. The number of sulfonamides is 1. The molecule has 27 heavy (non-hydrogen) atoms. The second-order valence-electron chi connectivity index (χ2n) is 6.29. The van der Waals surface area contributed by atoms with Gasteiger partial charge in [-0.3, -0.25) is 4.72 Å². The molecule has 0 amide bonds. The number of nitrogens with one attached hydrogen (secondary N) is 1. The highest BCUT2D eigenvalue weighted by Gasteiger charge is 2.14. The Morgan fingerprint density at radius 3 is 2.07 bits per heavy atom. The zero-order chi connectivity index (χ0) is 19.1. The fourth-order valence-corrected chi connectivity index (χ4v) is 3.70. The van der Waals surface area contributed by atoms with E-state index in [2.05, 4.69) is 11.6 Å². The molecule has 0 spiro atoms. The first-order valence-corrected chi connectivity index (χ1v) is 10.5. The third-order valence-electron chi connectivity index (χ3n) is 4.14. The summed E-state index contributed by atoms with van der Waals surface area (Å²) < 4.78 is 33.5. The van der Waals surface area contributed by atoms with E-state index in [1.807, 2.05) is 42.5 Å². The van der Waals surface area contributed by atoms with Crippen LogP contribution in [0.15, 0.2) is 83.8 Å². The van der Waals surface area contributed by atoms with Crippen LogP contribution in [0.25, 0.3) is 0 Å². The van der Waals surface area contributed by atoms with Gasteiger partial charge in [0.1, 0.15) is 11.5 Å². The van der Waals surface area contributed by atoms with Crippen molar-refractivity contribution in [3.63, 3.8) is 0 Å². The third kappa shape index (κ3) is 5.34. The average Bonchev–Trinajstić information content (AvgIpc) is 2.68. The van der Waals surface area contributed by atoms with Crippen molar-refractivity contribution in [1.29, 1.82) is 0 Å². The average molecular weight is 381 g/mol. The molecule has 0 atom stereocenters. The van der Waals surface area contributed by atoms with Gasteiger partial charge < -0.3 is 4.74 Å². The lowest BCUT2D eigenvalue weighted by Crippen LogP contribution is -2.12. The number of aryl methyl sites for hydroxylation is 1. The summed E-state index contributed by atoms with van der Waals surface area (Å²) in [6.07, 6.45) is 3.27. The highest BCUT2D eigenvalue weighted by atomic mass is 32.2. The van der Waals surface area contributed by atoms with Crippen LogP contribution in [-0.2, 0) is 16.4 Å². The summed E-state index contributed by atoms with van der Waals surface area (Å²) >= 11 is 0. The Kier molecular flexibility index (Phi) is 6.14. The third-order valence-corrected chi connectivity index (χ3v) is 5.54. The topological polar surface area (TPSA) is 55.4 Å². The Hall–Kier alpha value is -2.79. The molecule has 0 aliphatic heterocycles. The van der Waals surface area contributed by atoms with Gasteiger partial charge in [0.2, 0.25) is 0 Å². The SMILES string of the molecule is CCCCc1ccc(NS(=O)(=O)c2ccc(Oc3ccccc3)cc2)cc1. The normalized spacial score (nSPS) is 11.1. The molecule has 0 aliphatic rings. The van der Waals surface area contributed by atoms with Crippen LogP contribution >= 0.6 is 0 Å². The van der Waals surface area contributed by atoms with Crippen molar-refractivity contribution >= 4 is 15.7 Å². The van der Waals surface area contributed by atoms with E-state index in [0.29, 0.717) is 17.2 Å². The summed E-state index contributed by atoms with van der Waals surface area (Å²) in [6.45, 7) is 2.15. The second-order valence-corrected chi connectivity index (χ2v) is 7.97. The van der Waals surface area contributed by atoms with Crippen LogP contribution in [-0.4, -0.2) is 8.42 Å². The molecule has 0 bridgehead atoms. The van der Waals surface area contributed by atoms with Gasteiger partial charge in [0, 0.05) is 5.69 Å². The van der Waals surface area contributed by atoms with Crippen molar-refractivity contribution in [2.45, 2.75) is 31.1 Å². The van der Waals surface area contributed by atoms with E-state index >= 15 is 0 Å². The first kappa shape index (κ1) is 19.0. The molecular weight excluding hydrogens is 358 g/mol. The molecule has 0 saturated carbocycles. The van der Waals surface area contributed by atoms with Gasteiger partial charge in [-0.15, -0.1) is 0 Å². The highest BCUT2D eigenvalue weighted by molar-refractivity contribution is 7.92. The molecule has 3 aromatic carbocycles. The van der Waals surface area contributed by atoms with E-state index in [-0.39, 0.29) is 4.90 Å². The van der Waals surface area contributed by atoms with Gasteiger partial charge in [0.05, 0.1) is 4.90 Å². The smallest absolute Gasteiger partial charge is 0.261 e. The van der Waals surface area contributed by atoms with Crippen LogP contribution in [0.4, 0.5) is 5.69 Å². The summed E-state index contributed by atoms with van der Waals surface area (Å²) in [4.78, 5) is 0.193. The monoisotopic (exact) mass is 381 g/mol. The minimum absolute atomic E-state index is 0.193. The van der Waals surface area contributed by atoms with Crippen LogP contribution in [0.5, 0.6) is 11.5 Å². The van der Waals surface area contributed by atoms with Crippen molar-refractivity contribution < 1.29 is 13.2 Å². The molecule has 0 aromatic heterocycles. The summed E-state index contributed by atoms with van der Waals surface area (Å²) in [5.74, 6) is 1.29. The highest BCUT2D eigenvalue weighted by Crippen LogP contribution is 2.24. The Labute approximate surface area is 160 Å². The lowest BCUT2D eigenvalue weighted by atomic mass is 10.1. The minimum Gasteiger partial charge on any atom is -0.457 e. The van der Waals surface area contributed by atoms with E-state index in [1.165, 1.54) is 17.7 Å². The first-order chi connectivity index (χ1) is 13.1. The minimum atomic E-state index is -3.64. The maximum atomic E-state index is 12.6. The molecule has 3 rings (SSSR count). The van der Waals surface area contributed by atoms with Crippen LogP contribution in [0.3, 0.4) is 0 Å². The van der Waals surface area contributed by atoms with Crippen molar-refractivity contribution in [3.05, 3.63) is 84.4 Å². The molecule has 0 radical (unpaired) electrons. The van der Waals surface area contributed by atoms with Crippen LogP contribution in [0.2, 0.25) is 0 Å². The summed E-state index contributed by atoms with van der Waals surface area (Å²) in [6, 6.07) is 23.3. The second kappa shape index (κ2) is 8.73. The molecule has 0 aliphatic carbocycles. The Morgan fingerprint density at radius 2 is 1.44 bits per heavy atom. The van der Waals surface area contributed by atoms with Gasteiger partial charge in [-0.05, 0) is 66.9 Å². The van der Waals surface area contributed by atoms with Gasteiger partial charge in [-0.2, -0.15) is 0 Å². The van der Waals surface area contributed by atoms with Crippen LogP contribution in [0, 0.1) is 0 Å². The number of para-hydroxylation sites is 1. The molecule has 140 valence electrons. The van der Waals surface area contributed by atoms with Crippen molar-refractivity contribution in [2.24, 2.45) is 0 Å². The predicted octanol–water partition coefficient (Wildman–Crippen LogP) is 5.62. The lowest BCUT2D eigenvalue weighted by molar-refractivity contribution is 0.482. The quantitative estimate of drug-likeness (QED) is 0.551. The number of ether oxygens (including phenoxy) is 1. The van der Waals surface area contributed by atoms with E-state index in [0.717, 1.165) is 19.3 Å². The van der Waals surface area contributed by atoms with Gasteiger partial charge in [-0.25, -0.2) is 8.42 Å². The Morgan fingerprint density at radius 1 is 0.815 bits per heavy atom. The van der Waals surface area contributed by atoms with Crippen LogP contribution in [0.1, 0.15) is 25.3 Å². The number of benzene rings is 3.